The highest BCUT2D eigenvalue weighted by Crippen LogP contribution is 2.28. The van der Waals surface area contributed by atoms with Crippen LogP contribution in [0.3, 0.4) is 0 Å². The number of aromatic nitrogens is 1. The monoisotopic (exact) mass is 348 g/mol. The number of hydrogen-bond acceptors (Lipinski definition) is 5. The van der Waals surface area contributed by atoms with Crippen LogP contribution in [0.2, 0.25) is 0 Å². The number of carboxylic acids is 1. The van der Waals surface area contributed by atoms with Crippen molar-refractivity contribution in [3.63, 3.8) is 0 Å². The Kier molecular flexibility index (Phi) is 5.22. The maximum absolute atomic E-state index is 11.5. The van der Waals surface area contributed by atoms with Crippen molar-refractivity contribution in [3.05, 3.63) is 60.2 Å². The highest BCUT2D eigenvalue weighted by atomic mass is 16.4. The summed E-state index contributed by atoms with van der Waals surface area (Å²) in [6.07, 6.45) is 0. The van der Waals surface area contributed by atoms with Crippen molar-refractivity contribution in [1.29, 1.82) is 0 Å². The zero-order valence-electron chi connectivity index (χ0n) is 14.8. The summed E-state index contributed by atoms with van der Waals surface area (Å²) in [6.45, 7) is 5.75. The van der Waals surface area contributed by atoms with Gasteiger partial charge in [-0.3, -0.25) is 0 Å². The number of para-hydroxylation sites is 1. The standard InChI is InChI=1S/C20H20N4O2/c1-3-24(4-2)15-10-11-16(20(25)26)18(13-15)22-23-19-12-9-14-7-5-6-8-17(14)21-19/h5-13H,3-4H2,1-2H3,(H,25,26). The van der Waals surface area contributed by atoms with Crippen LogP contribution >= 0.6 is 0 Å². The van der Waals surface area contributed by atoms with Crippen LogP contribution in [0.1, 0.15) is 24.2 Å². The number of anilines is 1. The lowest BCUT2D eigenvalue weighted by Crippen LogP contribution is -2.21. The SMILES string of the molecule is CCN(CC)c1ccc(C(=O)O)c(N=Nc2ccc3ccccc3n2)c1. The molecule has 1 N–H and O–H groups in total. The van der Waals surface area contributed by atoms with E-state index in [1.54, 1.807) is 24.3 Å². The summed E-state index contributed by atoms with van der Waals surface area (Å²) in [5.74, 6) is -0.593. The number of benzene rings is 2. The first-order valence-corrected chi connectivity index (χ1v) is 8.52. The fourth-order valence-electron chi connectivity index (χ4n) is 2.79. The average Bonchev–Trinajstić information content (AvgIpc) is 2.67. The molecule has 2 aromatic carbocycles. The number of aromatic carboxylic acids is 1. The molecule has 0 spiro atoms. The lowest BCUT2D eigenvalue weighted by Gasteiger charge is -2.21. The van der Waals surface area contributed by atoms with Crippen molar-refractivity contribution in [2.45, 2.75) is 13.8 Å². The van der Waals surface area contributed by atoms with Gasteiger partial charge in [-0.25, -0.2) is 9.78 Å². The number of pyridine rings is 1. The van der Waals surface area contributed by atoms with Crippen molar-refractivity contribution in [3.8, 4) is 0 Å². The van der Waals surface area contributed by atoms with Crippen LogP contribution in [0.5, 0.6) is 0 Å². The van der Waals surface area contributed by atoms with E-state index >= 15 is 0 Å². The quantitative estimate of drug-likeness (QED) is 0.621. The highest BCUT2D eigenvalue weighted by molar-refractivity contribution is 5.94. The molecule has 132 valence electrons. The molecule has 0 fully saturated rings. The summed E-state index contributed by atoms with van der Waals surface area (Å²) < 4.78 is 0. The Morgan fingerprint density at radius 1 is 1.04 bits per heavy atom. The summed E-state index contributed by atoms with van der Waals surface area (Å²) in [7, 11) is 0. The van der Waals surface area contributed by atoms with E-state index in [1.807, 2.05) is 30.3 Å². The molecule has 0 radical (unpaired) electrons. The van der Waals surface area contributed by atoms with Gasteiger partial charge in [0.1, 0.15) is 5.69 Å². The van der Waals surface area contributed by atoms with E-state index in [-0.39, 0.29) is 5.56 Å². The van der Waals surface area contributed by atoms with Crippen molar-refractivity contribution in [2.75, 3.05) is 18.0 Å². The number of fused-ring (bicyclic) bond motifs is 1. The third-order valence-electron chi connectivity index (χ3n) is 4.18. The van der Waals surface area contributed by atoms with E-state index in [0.29, 0.717) is 11.5 Å². The molecule has 6 heteroatoms. The van der Waals surface area contributed by atoms with Crippen molar-refractivity contribution >= 4 is 34.1 Å². The Morgan fingerprint density at radius 2 is 1.81 bits per heavy atom. The molecule has 0 atom stereocenters. The van der Waals surface area contributed by atoms with Crippen LogP contribution in [0.15, 0.2) is 64.8 Å². The summed E-state index contributed by atoms with van der Waals surface area (Å²) >= 11 is 0. The second-order valence-electron chi connectivity index (χ2n) is 5.74. The number of carboxylic acid groups (broad SMARTS) is 1. The van der Waals surface area contributed by atoms with E-state index in [0.717, 1.165) is 29.7 Å². The van der Waals surface area contributed by atoms with Gasteiger partial charge < -0.3 is 10.0 Å². The summed E-state index contributed by atoms with van der Waals surface area (Å²) in [6, 6.07) is 16.5. The molecule has 0 unspecified atom stereocenters. The predicted octanol–water partition coefficient (Wildman–Crippen LogP) is 5.19. The largest absolute Gasteiger partial charge is 0.478 e. The van der Waals surface area contributed by atoms with Gasteiger partial charge in [0.05, 0.1) is 11.1 Å². The van der Waals surface area contributed by atoms with Crippen LogP contribution in [-0.4, -0.2) is 29.1 Å². The van der Waals surface area contributed by atoms with Gasteiger partial charge in [0.15, 0.2) is 5.82 Å². The molecule has 0 aliphatic heterocycles. The van der Waals surface area contributed by atoms with E-state index in [2.05, 4.69) is 34.0 Å². The second kappa shape index (κ2) is 7.74. The minimum atomic E-state index is -1.03. The van der Waals surface area contributed by atoms with Gasteiger partial charge in [-0.15, -0.1) is 10.2 Å². The molecule has 0 saturated carbocycles. The molecule has 26 heavy (non-hydrogen) atoms. The normalized spacial score (nSPS) is 11.2. The molecule has 0 bridgehead atoms. The maximum atomic E-state index is 11.5. The van der Waals surface area contributed by atoms with Gasteiger partial charge in [0.25, 0.3) is 0 Å². The lowest BCUT2D eigenvalue weighted by molar-refractivity contribution is 0.0698. The first kappa shape index (κ1) is 17.5. The molecule has 0 aliphatic rings. The van der Waals surface area contributed by atoms with Crippen LogP contribution in [0.25, 0.3) is 10.9 Å². The minimum Gasteiger partial charge on any atom is -0.478 e. The molecule has 6 nitrogen and oxygen atoms in total. The van der Waals surface area contributed by atoms with E-state index < -0.39 is 5.97 Å². The van der Waals surface area contributed by atoms with Gasteiger partial charge in [0, 0.05) is 24.2 Å². The second-order valence-corrected chi connectivity index (χ2v) is 5.74. The smallest absolute Gasteiger partial charge is 0.337 e. The molecule has 1 aromatic heterocycles. The Bertz CT molecular complexity index is 965. The molecule has 1 heterocycles. The predicted molar refractivity (Wildman–Crippen MR) is 103 cm³/mol. The number of carbonyl (C=O) groups is 1. The molecule has 0 amide bonds. The van der Waals surface area contributed by atoms with Crippen LogP contribution in [0, 0.1) is 0 Å². The van der Waals surface area contributed by atoms with Gasteiger partial charge in [-0.1, -0.05) is 18.2 Å². The van der Waals surface area contributed by atoms with Gasteiger partial charge in [-0.05, 0) is 50.2 Å². The Balaban J connectivity index is 1.98. The zero-order valence-corrected chi connectivity index (χ0v) is 14.8. The zero-order chi connectivity index (χ0) is 18.5. The van der Waals surface area contributed by atoms with Gasteiger partial charge in [-0.2, -0.15) is 0 Å². The summed E-state index contributed by atoms with van der Waals surface area (Å²) in [5.41, 5.74) is 2.17. The fraction of sp³-hybridized carbons (Fsp3) is 0.200. The van der Waals surface area contributed by atoms with Crippen molar-refractivity contribution in [1.82, 2.24) is 4.98 Å². The van der Waals surface area contributed by atoms with E-state index in [1.165, 1.54) is 0 Å². The van der Waals surface area contributed by atoms with Gasteiger partial charge in [0.2, 0.25) is 0 Å². The van der Waals surface area contributed by atoms with Crippen LogP contribution in [0.4, 0.5) is 17.2 Å². The average molecular weight is 348 g/mol. The first-order valence-electron chi connectivity index (χ1n) is 8.52. The Labute approximate surface area is 151 Å². The number of nitrogens with zero attached hydrogens (tertiary/aromatic N) is 4. The van der Waals surface area contributed by atoms with Crippen molar-refractivity contribution in [2.24, 2.45) is 10.2 Å². The van der Waals surface area contributed by atoms with Gasteiger partial charge >= 0.3 is 5.97 Å². The third kappa shape index (κ3) is 3.69. The number of azo groups is 1. The third-order valence-corrected chi connectivity index (χ3v) is 4.18. The Morgan fingerprint density at radius 3 is 2.54 bits per heavy atom. The van der Waals surface area contributed by atoms with Crippen LogP contribution < -0.4 is 4.90 Å². The molecular formula is C20H20N4O2. The lowest BCUT2D eigenvalue weighted by atomic mass is 10.1. The number of hydrogen-bond donors (Lipinski definition) is 1. The molecular weight excluding hydrogens is 328 g/mol. The van der Waals surface area contributed by atoms with Crippen LogP contribution in [-0.2, 0) is 0 Å². The number of rotatable bonds is 6. The maximum Gasteiger partial charge on any atom is 0.337 e. The molecule has 3 rings (SSSR count). The van der Waals surface area contributed by atoms with E-state index in [9.17, 15) is 9.90 Å². The minimum absolute atomic E-state index is 0.116. The summed E-state index contributed by atoms with van der Waals surface area (Å²) in [4.78, 5) is 18.1. The topological polar surface area (TPSA) is 78.2 Å². The fourth-order valence-corrected chi connectivity index (χ4v) is 2.79. The molecule has 0 saturated heterocycles. The van der Waals surface area contributed by atoms with E-state index in [4.69, 9.17) is 0 Å². The molecule has 3 aromatic rings. The molecule has 0 aliphatic carbocycles. The Hall–Kier alpha value is -3.28. The first-order chi connectivity index (χ1) is 12.6. The summed E-state index contributed by atoms with van der Waals surface area (Å²) in [5, 5.41) is 18.8. The van der Waals surface area contributed by atoms with Crippen molar-refractivity contribution < 1.29 is 9.90 Å². The highest BCUT2D eigenvalue weighted by Gasteiger charge is 2.13.